The van der Waals surface area contributed by atoms with Gasteiger partial charge in [0.25, 0.3) is 0 Å². The van der Waals surface area contributed by atoms with E-state index in [1.165, 1.54) is 38.1 Å². The Labute approximate surface area is 97.6 Å². The summed E-state index contributed by atoms with van der Waals surface area (Å²) in [5.41, 5.74) is 0.197. The number of carbonyl (C=O) groups is 1. The van der Waals surface area contributed by atoms with Gasteiger partial charge in [0.1, 0.15) is 0 Å². The van der Waals surface area contributed by atoms with E-state index in [0.717, 1.165) is 4.47 Å². The maximum absolute atomic E-state index is 10.2. The van der Waals surface area contributed by atoms with E-state index in [0.29, 0.717) is 0 Å². The number of quaternary nitrogens is 1. The number of carboxylic acid groups (broad SMARTS) is 1. The summed E-state index contributed by atoms with van der Waals surface area (Å²) in [5, 5.41) is 12.5. The predicted octanol–water partition coefficient (Wildman–Crippen LogP) is 0.156. The molecule has 1 aliphatic rings. The number of carbonyl (C=O) groups excluding carboxylic acids is 1. The van der Waals surface area contributed by atoms with Crippen LogP contribution in [0.1, 0.15) is 23.2 Å². The number of aromatic carboxylic acids is 1. The van der Waals surface area contributed by atoms with Gasteiger partial charge >= 0.3 is 0 Å². The topological polar surface area (TPSA) is 56.7 Å². The van der Waals surface area contributed by atoms with Crippen molar-refractivity contribution in [3.05, 3.63) is 34.3 Å². The molecule has 3 nitrogen and oxygen atoms in total. The van der Waals surface area contributed by atoms with E-state index >= 15 is 0 Å². The van der Waals surface area contributed by atoms with Gasteiger partial charge in [-0.1, -0.05) is 28.1 Å². The summed E-state index contributed by atoms with van der Waals surface area (Å²) in [6.45, 7) is 2.75. The molecule has 0 aliphatic carbocycles. The van der Waals surface area contributed by atoms with Crippen molar-refractivity contribution in [2.45, 2.75) is 12.8 Å². The van der Waals surface area contributed by atoms with Crippen LogP contribution in [-0.4, -0.2) is 19.1 Å². The van der Waals surface area contributed by atoms with E-state index < -0.39 is 5.97 Å². The van der Waals surface area contributed by atoms with Gasteiger partial charge in [-0.15, -0.1) is 0 Å². The molecule has 0 spiro atoms. The van der Waals surface area contributed by atoms with Crippen molar-refractivity contribution in [2.24, 2.45) is 0 Å². The average Bonchev–Trinajstić information content (AvgIpc) is 2.76. The van der Waals surface area contributed by atoms with Crippen LogP contribution in [0.4, 0.5) is 0 Å². The zero-order valence-electron chi connectivity index (χ0n) is 8.41. The summed E-state index contributed by atoms with van der Waals surface area (Å²) in [4.78, 5) is 10.2. The van der Waals surface area contributed by atoms with E-state index in [4.69, 9.17) is 0 Å². The van der Waals surface area contributed by atoms with E-state index in [1.54, 1.807) is 12.1 Å². The smallest absolute Gasteiger partial charge is 0.0757 e. The Kier molecular flexibility index (Phi) is 5.36. The number of halogens is 1. The quantitative estimate of drug-likeness (QED) is 0.791. The molecule has 2 N–H and O–H groups in total. The van der Waals surface area contributed by atoms with Crippen LogP contribution in [0, 0.1) is 0 Å². The molecule has 4 heteroatoms. The van der Waals surface area contributed by atoms with Crippen LogP contribution in [0.3, 0.4) is 0 Å². The van der Waals surface area contributed by atoms with Gasteiger partial charge in [0, 0.05) is 17.3 Å². The molecular formula is C11H14BrNO2. The maximum Gasteiger partial charge on any atom is 0.0757 e. The molecule has 0 atom stereocenters. The van der Waals surface area contributed by atoms with Crippen LogP contribution in [0.25, 0.3) is 0 Å². The summed E-state index contributed by atoms with van der Waals surface area (Å²) in [6.07, 6.45) is 2.89. The minimum Gasteiger partial charge on any atom is -0.545 e. The van der Waals surface area contributed by atoms with Crippen molar-refractivity contribution < 1.29 is 15.2 Å². The highest BCUT2D eigenvalue weighted by Crippen LogP contribution is 2.09. The van der Waals surface area contributed by atoms with Gasteiger partial charge in [-0.05, 0) is 17.7 Å². The Balaban J connectivity index is 0.000000187. The van der Waals surface area contributed by atoms with E-state index in [2.05, 4.69) is 21.2 Å². The van der Waals surface area contributed by atoms with Gasteiger partial charge in [-0.3, -0.25) is 0 Å². The highest BCUT2D eigenvalue weighted by Gasteiger charge is 1.97. The first-order chi connectivity index (χ1) is 7.20. The number of hydrogen-bond acceptors (Lipinski definition) is 2. The third-order valence-corrected chi connectivity index (χ3v) is 2.68. The minimum atomic E-state index is -1.15. The van der Waals surface area contributed by atoms with Gasteiger partial charge in [-0.25, -0.2) is 0 Å². The Morgan fingerprint density at radius 3 is 2.07 bits per heavy atom. The average molecular weight is 272 g/mol. The van der Waals surface area contributed by atoms with Crippen LogP contribution in [0.5, 0.6) is 0 Å². The first-order valence-corrected chi connectivity index (χ1v) is 5.78. The molecule has 1 aromatic rings. The van der Waals surface area contributed by atoms with Crippen molar-refractivity contribution in [1.29, 1.82) is 0 Å². The lowest BCUT2D eigenvalue weighted by atomic mass is 10.2. The lowest BCUT2D eigenvalue weighted by molar-refractivity contribution is -0.635. The van der Waals surface area contributed by atoms with Gasteiger partial charge < -0.3 is 15.2 Å². The normalized spacial score (nSPS) is 14.2. The van der Waals surface area contributed by atoms with Gasteiger partial charge in [0.2, 0.25) is 0 Å². The van der Waals surface area contributed by atoms with Crippen LogP contribution >= 0.6 is 15.9 Å². The highest BCUT2D eigenvalue weighted by molar-refractivity contribution is 9.10. The second kappa shape index (κ2) is 6.58. The molecule has 1 aromatic carbocycles. The summed E-state index contributed by atoms with van der Waals surface area (Å²) >= 11 is 3.18. The summed E-state index contributed by atoms with van der Waals surface area (Å²) in [5.74, 6) is -1.15. The molecule has 15 heavy (non-hydrogen) atoms. The first kappa shape index (κ1) is 12.2. The van der Waals surface area contributed by atoms with Crippen molar-refractivity contribution in [1.82, 2.24) is 0 Å². The molecule has 0 saturated carbocycles. The summed E-state index contributed by atoms with van der Waals surface area (Å²) in [7, 11) is 0. The lowest BCUT2D eigenvalue weighted by Crippen LogP contribution is -2.80. The van der Waals surface area contributed by atoms with Crippen LogP contribution in [0.2, 0.25) is 0 Å². The van der Waals surface area contributed by atoms with Gasteiger partial charge in [-0.2, -0.15) is 0 Å². The number of benzene rings is 1. The second-order valence-corrected chi connectivity index (χ2v) is 4.28. The van der Waals surface area contributed by atoms with Crippen LogP contribution in [0.15, 0.2) is 28.7 Å². The van der Waals surface area contributed by atoms with Crippen molar-refractivity contribution in [3.63, 3.8) is 0 Å². The monoisotopic (exact) mass is 271 g/mol. The maximum atomic E-state index is 10.2. The standard InChI is InChI=1S/C7H5BrO2.C4H9N/c8-6-3-1-5(2-4-6)7(9)10;1-2-4-5-3-1/h1-4H,(H,9,10);5H,1-4H2. The largest absolute Gasteiger partial charge is 0.545 e. The Morgan fingerprint density at radius 1 is 1.20 bits per heavy atom. The summed E-state index contributed by atoms with van der Waals surface area (Å²) in [6, 6.07) is 6.29. The van der Waals surface area contributed by atoms with Crippen LogP contribution < -0.4 is 10.4 Å². The predicted molar refractivity (Wildman–Crippen MR) is 59.4 cm³/mol. The lowest BCUT2D eigenvalue weighted by Gasteiger charge is -1.99. The second-order valence-electron chi connectivity index (χ2n) is 3.37. The first-order valence-electron chi connectivity index (χ1n) is 4.99. The molecular weight excluding hydrogens is 258 g/mol. The van der Waals surface area contributed by atoms with Crippen molar-refractivity contribution in [3.8, 4) is 0 Å². The molecule has 0 amide bonds. The van der Waals surface area contributed by atoms with Crippen LogP contribution in [-0.2, 0) is 0 Å². The molecule has 1 fully saturated rings. The molecule has 1 heterocycles. The number of hydrogen-bond donors (Lipinski definition) is 1. The number of carboxylic acids is 1. The Morgan fingerprint density at radius 2 is 1.73 bits per heavy atom. The third kappa shape index (κ3) is 4.95. The van der Waals surface area contributed by atoms with Gasteiger partial charge in [0.05, 0.1) is 19.1 Å². The molecule has 0 aromatic heterocycles. The summed E-state index contributed by atoms with van der Waals surface area (Å²) < 4.78 is 0.859. The highest BCUT2D eigenvalue weighted by atomic mass is 79.9. The van der Waals surface area contributed by atoms with Crippen molar-refractivity contribution in [2.75, 3.05) is 13.1 Å². The molecule has 0 unspecified atom stereocenters. The molecule has 1 saturated heterocycles. The molecule has 0 bridgehead atoms. The fraction of sp³-hybridized carbons (Fsp3) is 0.364. The van der Waals surface area contributed by atoms with Crippen molar-refractivity contribution >= 4 is 21.9 Å². The van der Waals surface area contributed by atoms with E-state index in [1.807, 2.05) is 0 Å². The SMILES string of the molecule is C1CC[NH2+]C1.O=C([O-])c1ccc(Br)cc1. The molecule has 82 valence electrons. The minimum absolute atomic E-state index is 0.197. The zero-order chi connectivity index (χ0) is 11.1. The Bertz CT molecular complexity index is 299. The fourth-order valence-electron chi connectivity index (χ4n) is 1.31. The number of nitrogens with two attached hydrogens (primary N) is 1. The molecule has 1 aliphatic heterocycles. The molecule has 2 rings (SSSR count). The van der Waals surface area contributed by atoms with E-state index in [-0.39, 0.29) is 5.56 Å². The van der Waals surface area contributed by atoms with E-state index in [9.17, 15) is 9.90 Å². The van der Waals surface area contributed by atoms with Gasteiger partial charge in [0.15, 0.2) is 0 Å². The molecule has 0 radical (unpaired) electrons. The fourth-order valence-corrected chi connectivity index (χ4v) is 1.57. The third-order valence-electron chi connectivity index (χ3n) is 2.15. The number of rotatable bonds is 1. The zero-order valence-corrected chi connectivity index (χ0v) is 10.00. The Hall–Kier alpha value is -0.870.